The van der Waals surface area contributed by atoms with Crippen LogP contribution >= 0.6 is 11.3 Å². The van der Waals surface area contributed by atoms with E-state index in [0.29, 0.717) is 23.3 Å². The predicted octanol–water partition coefficient (Wildman–Crippen LogP) is 1.55. The van der Waals surface area contributed by atoms with Crippen LogP contribution in [0.15, 0.2) is 0 Å². The van der Waals surface area contributed by atoms with Crippen molar-refractivity contribution in [2.24, 2.45) is 0 Å². The molecular formula is C13H20N4O2S. The molecule has 20 heavy (non-hydrogen) atoms. The number of rotatable bonds is 4. The van der Waals surface area contributed by atoms with E-state index in [4.69, 9.17) is 10.5 Å². The Labute approximate surface area is 122 Å². The van der Waals surface area contributed by atoms with E-state index in [1.807, 2.05) is 0 Å². The zero-order valence-corrected chi connectivity index (χ0v) is 12.4. The number of amides is 1. The van der Waals surface area contributed by atoms with Crippen LogP contribution in [0.4, 0.5) is 10.9 Å². The Morgan fingerprint density at radius 3 is 2.90 bits per heavy atom. The Morgan fingerprint density at radius 1 is 1.50 bits per heavy atom. The number of likely N-dealkylation sites (tertiary alicyclic amines) is 1. The molecule has 6 nitrogen and oxygen atoms in total. The number of nitrogens with one attached hydrogen (secondary N) is 1. The van der Waals surface area contributed by atoms with Gasteiger partial charge in [-0.15, -0.1) is 0 Å². The molecule has 1 aromatic heterocycles. The van der Waals surface area contributed by atoms with Crippen LogP contribution in [0.25, 0.3) is 0 Å². The number of nitrogen functional groups attached to an aromatic ring is 1. The van der Waals surface area contributed by atoms with E-state index in [9.17, 15) is 4.79 Å². The van der Waals surface area contributed by atoms with Crippen molar-refractivity contribution in [3.05, 3.63) is 4.88 Å². The minimum absolute atomic E-state index is 0.0267. The molecule has 1 aromatic rings. The van der Waals surface area contributed by atoms with Gasteiger partial charge in [-0.25, -0.2) is 4.98 Å². The zero-order valence-electron chi connectivity index (χ0n) is 11.6. The fourth-order valence-electron chi connectivity index (χ4n) is 2.52. The van der Waals surface area contributed by atoms with E-state index in [0.717, 1.165) is 18.1 Å². The Balaban J connectivity index is 1.68. The lowest BCUT2D eigenvalue weighted by Gasteiger charge is -2.25. The summed E-state index contributed by atoms with van der Waals surface area (Å²) in [6, 6.07) is 0.494. The maximum absolute atomic E-state index is 12.4. The molecule has 1 saturated heterocycles. The van der Waals surface area contributed by atoms with Gasteiger partial charge in [-0.3, -0.25) is 4.79 Å². The SMILES string of the molecule is COC1CCN(C(=O)c2sc(NC3CCC3)nc2N)C1. The number of carbonyl (C=O) groups is 1. The fourth-order valence-corrected chi connectivity index (χ4v) is 3.45. The number of nitrogens with zero attached hydrogens (tertiary/aromatic N) is 2. The molecule has 1 aliphatic carbocycles. The average molecular weight is 296 g/mol. The van der Waals surface area contributed by atoms with Crippen LogP contribution in [-0.4, -0.2) is 48.1 Å². The fraction of sp³-hybridized carbons (Fsp3) is 0.692. The number of aromatic nitrogens is 1. The largest absolute Gasteiger partial charge is 0.382 e. The quantitative estimate of drug-likeness (QED) is 0.881. The molecule has 2 aliphatic rings. The number of hydrogen-bond donors (Lipinski definition) is 2. The number of thiazole rings is 1. The number of methoxy groups -OCH3 is 1. The van der Waals surface area contributed by atoms with Gasteiger partial charge in [0.1, 0.15) is 10.7 Å². The van der Waals surface area contributed by atoms with Crippen LogP contribution in [0.2, 0.25) is 0 Å². The number of nitrogens with two attached hydrogens (primary N) is 1. The van der Waals surface area contributed by atoms with Crippen molar-refractivity contribution in [2.45, 2.75) is 37.8 Å². The molecule has 1 atom stereocenters. The monoisotopic (exact) mass is 296 g/mol. The number of ether oxygens (including phenoxy) is 1. The van der Waals surface area contributed by atoms with Crippen molar-refractivity contribution < 1.29 is 9.53 Å². The molecule has 3 rings (SSSR count). The van der Waals surface area contributed by atoms with Gasteiger partial charge in [-0.1, -0.05) is 11.3 Å². The van der Waals surface area contributed by atoms with Crippen molar-refractivity contribution in [3.8, 4) is 0 Å². The number of carbonyl (C=O) groups excluding carboxylic acids is 1. The van der Waals surface area contributed by atoms with Crippen LogP contribution < -0.4 is 11.1 Å². The minimum Gasteiger partial charge on any atom is -0.382 e. The van der Waals surface area contributed by atoms with Crippen LogP contribution in [0.1, 0.15) is 35.4 Å². The van der Waals surface area contributed by atoms with Crippen molar-refractivity contribution in [3.63, 3.8) is 0 Å². The predicted molar refractivity (Wildman–Crippen MR) is 79.1 cm³/mol. The molecule has 0 aromatic carbocycles. The third kappa shape index (κ3) is 2.60. The summed E-state index contributed by atoms with van der Waals surface area (Å²) < 4.78 is 5.29. The maximum Gasteiger partial charge on any atom is 0.267 e. The van der Waals surface area contributed by atoms with Crippen molar-refractivity contribution in [2.75, 3.05) is 31.2 Å². The van der Waals surface area contributed by atoms with Gasteiger partial charge >= 0.3 is 0 Å². The van der Waals surface area contributed by atoms with Crippen LogP contribution in [0, 0.1) is 0 Å². The van der Waals surface area contributed by atoms with Gasteiger partial charge in [0.25, 0.3) is 5.91 Å². The van der Waals surface area contributed by atoms with Gasteiger partial charge in [0.05, 0.1) is 6.10 Å². The Kier molecular flexibility index (Phi) is 3.80. The van der Waals surface area contributed by atoms with Gasteiger partial charge in [0.2, 0.25) is 0 Å². The molecule has 1 saturated carbocycles. The summed E-state index contributed by atoms with van der Waals surface area (Å²) in [6.07, 6.45) is 4.63. The number of hydrogen-bond acceptors (Lipinski definition) is 6. The third-order valence-corrected chi connectivity index (χ3v) is 5.04. The lowest BCUT2D eigenvalue weighted by Crippen LogP contribution is -2.29. The van der Waals surface area contributed by atoms with Gasteiger partial charge in [0.15, 0.2) is 5.13 Å². The smallest absolute Gasteiger partial charge is 0.267 e. The second kappa shape index (κ2) is 5.57. The summed E-state index contributed by atoms with van der Waals surface area (Å²) in [7, 11) is 1.68. The lowest BCUT2D eigenvalue weighted by molar-refractivity contribution is 0.0729. The molecule has 1 unspecified atom stereocenters. The average Bonchev–Trinajstić information content (AvgIpc) is 2.99. The molecule has 7 heteroatoms. The first kappa shape index (κ1) is 13.6. The highest BCUT2D eigenvalue weighted by molar-refractivity contribution is 7.18. The highest BCUT2D eigenvalue weighted by Gasteiger charge is 2.30. The molecule has 110 valence electrons. The van der Waals surface area contributed by atoms with Gasteiger partial charge in [-0.2, -0.15) is 0 Å². The Bertz CT molecular complexity index is 501. The molecule has 2 heterocycles. The van der Waals surface area contributed by atoms with Crippen molar-refractivity contribution in [1.82, 2.24) is 9.88 Å². The van der Waals surface area contributed by atoms with Crippen LogP contribution in [0.5, 0.6) is 0 Å². The molecule has 2 fully saturated rings. The third-order valence-electron chi connectivity index (χ3n) is 4.05. The molecule has 0 spiro atoms. The molecule has 0 radical (unpaired) electrons. The summed E-state index contributed by atoms with van der Waals surface area (Å²) in [5, 5.41) is 4.10. The highest BCUT2D eigenvalue weighted by atomic mass is 32.1. The summed E-state index contributed by atoms with van der Waals surface area (Å²) in [5.41, 5.74) is 5.89. The van der Waals surface area contributed by atoms with E-state index in [1.165, 1.54) is 30.6 Å². The van der Waals surface area contributed by atoms with E-state index >= 15 is 0 Å². The van der Waals surface area contributed by atoms with E-state index in [1.54, 1.807) is 12.0 Å². The summed E-state index contributed by atoms with van der Waals surface area (Å²) in [5.74, 6) is 0.309. The first-order chi connectivity index (χ1) is 9.67. The molecular weight excluding hydrogens is 276 g/mol. The molecule has 1 aliphatic heterocycles. The van der Waals surface area contributed by atoms with Gasteiger partial charge in [0, 0.05) is 26.2 Å². The molecule has 1 amide bonds. The second-order valence-electron chi connectivity index (χ2n) is 5.40. The maximum atomic E-state index is 12.4. The van der Waals surface area contributed by atoms with E-state index in [2.05, 4.69) is 10.3 Å². The van der Waals surface area contributed by atoms with Gasteiger partial charge < -0.3 is 20.7 Å². The topological polar surface area (TPSA) is 80.5 Å². The van der Waals surface area contributed by atoms with Crippen molar-refractivity contribution >= 4 is 28.2 Å². The summed E-state index contributed by atoms with van der Waals surface area (Å²) >= 11 is 1.36. The van der Waals surface area contributed by atoms with Crippen LogP contribution in [-0.2, 0) is 4.74 Å². The van der Waals surface area contributed by atoms with E-state index in [-0.39, 0.29) is 12.0 Å². The Morgan fingerprint density at radius 2 is 2.30 bits per heavy atom. The normalized spacial score (nSPS) is 22.9. The van der Waals surface area contributed by atoms with Gasteiger partial charge in [-0.05, 0) is 25.7 Å². The zero-order chi connectivity index (χ0) is 14.1. The van der Waals surface area contributed by atoms with Crippen LogP contribution in [0.3, 0.4) is 0 Å². The van der Waals surface area contributed by atoms with Crippen molar-refractivity contribution in [1.29, 1.82) is 0 Å². The summed E-state index contributed by atoms with van der Waals surface area (Å²) in [6.45, 7) is 1.36. The summed E-state index contributed by atoms with van der Waals surface area (Å²) in [4.78, 5) is 19.1. The molecule has 0 bridgehead atoms. The second-order valence-corrected chi connectivity index (χ2v) is 6.40. The molecule has 3 N–H and O–H groups in total. The lowest BCUT2D eigenvalue weighted by atomic mass is 9.93. The first-order valence-electron chi connectivity index (χ1n) is 7.02. The Hall–Kier alpha value is -1.34. The number of anilines is 2. The standard InChI is InChI=1S/C13H20N4O2S/c1-19-9-5-6-17(7-9)12(18)10-11(14)16-13(20-10)15-8-3-2-4-8/h8-9H,2-7,14H2,1H3,(H,15,16). The minimum atomic E-state index is -0.0267. The highest BCUT2D eigenvalue weighted by Crippen LogP contribution is 2.31. The van der Waals surface area contributed by atoms with E-state index < -0.39 is 0 Å². The first-order valence-corrected chi connectivity index (χ1v) is 7.84.